The summed E-state index contributed by atoms with van der Waals surface area (Å²) in [6, 6.07) is 1.40. The first kappa shape index (κ1) is 13.5. The van der Waals surface area contributed by atoms with E-state index in [1.54, 1.807) is 13.8 Å². The summed E-state index contributed by atoms with van der Waals surface area (Å²) in [7, 11) is 0. The second-order valence-corrected chi connectivity index (χ2v) is 5.86. The highest BCUT2D eigenvalue weighted by Gasteiger charge is 2.92. The first-order valence-electron chi connectivity index (χ1n) is 6.27. The quantitative estimate of drug-likeness (QED) is 0.504. The number of nitrogen functional groups attached to an aromatic ring is 1. The van der Waals surface area contributed by atoms with Crippen LogP contribution in [0.25, 0.3) is 0 Å². The molecule has 20 heavy (non-hydrogen) atoms. The van der Waals surface area contributed by atoms with Crippen molar-refractivity contribution in [2.75, 3.05) is 12.3 Å². The van der Waals surface area contributed by atoms with Crippen molar-refractivity contribution in [3.63, 3.8) is 0 Å². The van der Waals surface area contributed by atoms with E-state index in [1.807, 2.05) is 0 Å². The fourth-order valence-corrected chi connectivity index (χ4v) is 3.44. The van der Waals surface area contributed by atoms with E-state index in [0.717, 1.165) is 4.57 Å². The lowest BCUT2D eigenvalue weighted by Crippen LogP contribution is -2.38. The third-order valence-corrected chi connectivity index (χ3v) is 4.81. The number of hydrogen-bond donors (Lipinski definition) is 4. The first-order chi connectivity index (χ1) is 9.21. The Bertz CT molecular complexity index is 630. The van der Waals surface area contributed by atoms with Crippen LogP contribution >= 0.6 is 0 Å². The standard InChI is InChI=1S/C12H17N3O5/c1-10(2)11(18)6(5-16)20-8(12(10,11)19)15-4-3-7(13)14-9(15)17/h3-4,6,8,16,18-19H,5H2,1-2H3,(H2,13,14,17)/t6-,8-,11-,12+/m1/s1. The highest BCUT2D eigenvalue weighted by atomic mass is 16.6. The minimum atomic E-state index is -1.67. The maximum Gasteiger partial charge on any atom is 0.351 e. The van der Waals surface area contributed by atoms with Crippen LogP contribution in [0.4, 0.5) is 5.82 Å². The lowest BCUT2D eigenvalue weighted by Gasteiger charge is -2.27. The summed E-state index contributed by atoms with van der Waals surface area (Å²) in [5.74, 6) is 0.0558. The Morgan fingerprint density at radius 1 is 1.45 bits per heavy atom. The number of hydrogen-bond acceptors (Lipinski definition) is 7. The molecule has 0 radical (unpaired) electrons. The van der Waals surface area contributed by atoms with Gasteiger partial charge in [0.15, 0.2) is 6.23 Å². The average Bonchev–Trinajstić information content (AvgIpc) is 2.63. The molecule has 4 atom stereocenters. The number of anilines is 1. The molecule has 8 heteroatoms. The minimum Gasteiger partial charge on any atom is -0.394 e. The third-order valence-electron chi connectivity index (χ3n) is 4.81. The molecule has 2 heterocycles. The predicted octanol–water partition coefficient (Wildman–Crippen LogP) is -1.78. The maximum atomic E-state index is 11.9. The van der Waals surface area contributed by atoms with Gasteiger partial charge in [0.1, 0.15) is 23.1 Å². The van der Waals surface area contributed by atoms with E-state index in [1.165, 1.54) is 12.3 Å². The van der Waals surface area contributed by atoms with Crippen molar-refractivity contribution in [3.8, 4) is 0 Å². The van der Waals surface area contributed by atoms with E-state index in [9.17, 15) is 20.1 Å². The number of aromatic nitrogens is 2. The van der Waals surface area contributed by atoms with Crippen molar-refractivity contribution < 1.29 is 20.1 Å². The Morgan fingerprint density at radius 2 is 2.10 bits per heavy atom. The zero-order valence-electron chi connectivity index (χ0n) is 11.1. The number of ether oxygens (including phenoxy) is 1. The van der Waals surface area contributed by atoms with Crippen molar-refractivity contribution in [2.24, 2.45) is 5.41 Å². The molecule has 5 N–H and O–H groups in total. The molecule has 0 amide bonds. The Balaban J connectivity index is 2.11. The summed E-state index contributed by atoms with van der Waals surface area (Å²) in [4.78, 5) is 15.5. The zero-order valence-corrected chi connectivity index (χ0v) is 11.1. The summed E-state index contributed by atoms with van der Waals surface area (Å²) >= 11 is 0. The van der Waals surface area contributed by atoms with E-state index < -0.39 is 41.2 Å². The molecule has 3 rings (SSSR count). The van der Waals surface area contributed by atoms with E-state index in [-0.39, 0.29) is 5.82 Å². The summed E-state index contributed by atoms with van der Waals surface area (Å²) in [6.45, 7) is 2.85. The second kappa shape index (κ2) is 3.59. The minimum absolute atomic E-state index is 0.0558. The van der Waals surface area contributed by atoms with Gasteiger partial charge < -0.3 is 25.8 Å². The monoisotopic (exact) mass is 283 g/mol. The molecule has 110 valence electrons. The summed E-state index contributed by atoms with van der Waals surface area (Å²) in [5, 5.41) is 30.7. The van der Waals surface area contributed by atoms with Gasteiger partial charge >= 0.3 is 5.69 Å². The lowest BCUT2D eigenvalue weighted by molar-refractivity contribution is -0.126. The number of nitrogens with two attached hydrogens (primary N) is 1. The molecular weight excluding hydrogens is 266 g/mol. The van der Waals surface area contributed by atoms with Crippen molar-refractivity contribution >= 4 is 5.82 Å². The van der Waals surface area contributed by atoms with E-state index in [4.69, 9.17) is 10.5 Å². The lowest BCUT2D eigenvalue weighted by atomic mass is 10.0. The second-order valence-electron chi connectivity index (χ2n) is 5.86. The van der Waals surface area contributed by atoms with Crippen molar-refractivity contribution in [1.29, 1.82) is 0 Å². The first-order valence-corrected chi connectivity index (χ1v) is 6.27. The van der Waals surface area contributed by atoms with Crippen LogP contribution in [0.1, 0.15) is 20.1 Å². The Kier molecular flexibility index (Phi) is 2.42. The van der Waals surface area contributed by atoms with Crippen molar-refractivity contribution in [2.45, 2.75) is 37.4 Å². The smallest absolute Gasteiger partial charge is 0.351 e. The predicted molar refractivity (Wildman–Crippen MR) is 67.6 cm³/mol. The van der Waals surface area contributed by atoms with Crippen LogP contribution in [0.5, 0.6) is 0 Å². The van der Waals surface area contributed by atoms with Gasteiger partial charge in [0.2, 0.25) is 0 Å². The molecule has 1 aromatic rings. The largest absolute Gasteiger partial charge is 0.394 e. The fourth-order valence-electron chi connectivity index (χ4n) is 3.44. The molecule has 0 spiro atoms. The third kappa shape index (κ3) is 1.16. The summed E-state index contributed by atoms with van der Waals surface area (Å²) < 4.78 is 6.53. The van der Waals surface area contributed by atoms with Gasteiger partial charge in [-0.1, -0.05) is 13.8 Å². The number of nitrogens with zero attached hydrogens (tertiary/aromatic N) is 2. The SMILES string of the molecule is CC1(C)[C@]2(O)[C@@H](CO)O[C@@H](n3ccc(N)nc3=O)[C@]12O. The van der Waals surface area contributed by atoms with Gasteiger partial charge in [-0.2, -0.15) is 4.98 Å². The van der Waals surface area contributed by atoms with Crippen LogP contribution in [-0.4, -0.2) is 48.8 Å². The molecule has 1 saturated carbocycles. The van der Waals surface area contributed by atoms with Gasteiger partial charge in [-0.25, -0.2) is 4.79 Å². The number of aliphatic hydroxyl groups excluding tert-OH is 1. The highest BCUT2D eigenvalue weighted by molar-refractivity contribution is 5.39. The van der Waals surface area contributed by atoms with E-state index in [0.29, 0.717) is 0 Å². The topological polar surface area (TPSA) is 131 Å². The van der Waals surface area contributed by atoms with Crippen molar-refractivity contribution in [3.05, 3.63) is 22.7 Å². The summed E-state index contributed by atoms with van der Waals surface area (Å²) in [6.07, 6.45) is -0.751. The number of aliphatic hydroxyl groups is 3. The Hall–Kier alpha value is -1.48. The van der Waals surface area contributed by atoms with Crippen molar-refractivity contribution in [1.82, 2.24) is 9.55 Å². The van der Waals surface area contributed by atoms with Crippen LogP contribution in [0.15, 0.2) is 17.1 Å². The molecular formula is C12H17N3O5. The molecule has 1 aliphatic carbocycles. The van der Waals surface area contributed by atoms with Gasteiger partial charge in [0.25, 0.3) is 0 Å². The molecule has 1 saturated heterocycles. The van der Waals surface area contributed by atoms with Crippen LogP contribution in [-0.2, 0) is 4.74 Å². The molecule has 1 aliphatic heterocycles. The van der Waals surface area contributed by atoms with E-state index in [2.05, 4.69) is 4.98 Å². The van der Waals surface area contributed by atoms with Crippen LogP contribution in [0.3, 0.4) is 0 Å². The average molecular weight is 283 g/mol. The number of fused-ring (bicyclic) bond motifs is 1. The molecule has 2 aliphatic rings. The molecule has 2 fully saturated rings. The summed E-state index contributed by atoms with van der Waals surface area (Å²) in [5.41, 5.74) is 0.530. The Labute approximate surface area is 114 Å². The molecule has 0 bridgehead atoms. The molecule has 1 aromatic heterocycles. The fraction of sp³-hybridized carbons (Fsp3) is 0.667. The Morgan fingerprint density at radius 3 is 2.60 bits per heavy atom. The van der Waals surface area contributed by atoms with Crippen LogP contribution in [0, 0.1) is 5.41 Å². The van der Waals surface area contributed by atoms with E-state index >= 15 is 0 Å². The van der Waals surface area contributed by atoms with Crippen LogP contribution in [0.2, 0.25) is 0 Å². The zero-order chi connectivity index (χ0) is 14.9. The van der Waals surface area contributed by atoms with Gasteiger partial charge in [-0.3, -0.25) is 4.57 Å². The van der Waals surface area contributed by atoms with Crippen LogP contribution < -0.4 is 11.4 Å². The molecule has 8 nitrogen and oxygen atoms in total. The molecule has 0 aromatic carbocycles. The normalized spacial score (nSPS) is 41.5. The maximum absolute atomic E-state index is 11.9. The highest BCUT2D eigenvalue weighted by Crippen LogP contribution is 2.75. The van der Waals surface area contributed by atoms with Gasteiger partial charge in [-0.05, 0) is 6.07 Å². The van der Waals surface area contributed by atoms with Gasteiger partial charge in [0, 0.05) is 11.6 Å². The number of rotatable bonds is 2. The van der Waals surface area contributed by atoms with Gasteiger partial charge in [0.05, 0.1) is 6.61 Å². The molecule has 0 unspecified atom stereocenters. The van der Waals surface area contributed by atoms with Gasteiger partial charge in [-0.15, -0.1) is 0 Å².